The first-order valence-electron chi connectivity index (χ1n) is 5.52. The Hall–Kier alpha value is -2.31. The fourth-order valence-corrected chi connectivity index (χ4v) is 1.36. The minimum atomic E-state index is -0.348. The number of amidine groups is 1. The van der Waals surface area contributed by atoms with Crippen molar-refractivity contribution in [1.82, 2.24) is 10.3 Å². The van der Waals surface area contributed by atoms with Crippen LogP contribution in [0.25, 0.3) is 0 Å². The number of nitrogens with zero attached hydrogens (tertiary/aromatic N) is 2. The number of nitrogens with one attached hydrogen (secondary N) is 1. The summed E-state index contributed by atoms with van der Waals surface area (Å²) >= 11 is 0. The van der Waals surface area contributed by atoms with Crippen LogP contribution in [0.15, 0.2) is 23.6 Å². The van der Waals surface area contributed by atoms with E-state index in [9.17, 15) is 9.90 Å². The zero-order chi connectivity index (χ0) is 13.4. The van der Waals surface area contributed by atoms with Crippen molar-refractivity contribution < 1.29 is 15.1 Å². The van der Waals surface area contributed by atoms with Crippen molar-refractivity contribution in [3.63, 3.8) is 0 Å². The lowest BCUT2D eigenvalue weighted by atomic mass is 10.2. The first kappa shape index (κ1) is 13.8. The van der Waals surface area contributed by atoms with Crippen LogP contribution in [0.4, 0.5) is 0 Å². The van der Waals surface area contributed by atoms with Gasteiger partial charge >= 0.3 is 0 Å². The summed E-state index contributed by atoms with van der Waals surface area (Å²) in [5.41, 5.74) is 5.49. The topological polar surface area (TPSA) is 121 Å². The molecule has 0 aliphatic rings. The molecule has 18 heavy (non-hydrogen) atoms. The third-order valence-corrected chi connectivity index (χ3v) is 2.32. The SMILES string of the molecule is N/C(CCCCNC(=O)c1ccncc1O)=N/O. The molecule has 5 N–H and O–H groups in total. The number of pyridine rings is 1. The maximum Gasteiger partial charge on any atom is 0.255 e. The van der Waals surface area contributed by atoms with Crippen LogP contribution >= 0.6 is 0 Å². The Morgan fingerprint density at radius 1 is 1.50 bits per heavy atom. The molecule has 0 atom stereocenters. The molecule has 0 aliphatic carbocycles. The lowest BCUT2D eigenvalue weighted by Crippen LogP contribution is -2.24. The summed E-state index contributed by atoms with van der Waals surface area (Å²) in [6.45, 7) is 0.458. The Morgan fingerprint density at radius 2 is 2.28 bits per heavy atom. The van der Waals surface area contributed by atoms with Crippen LogP contribution in [0, 0.1) is 0 Å². The lowest BCUT2D eigenvalue weighted by molar-refractivity contribution is 0.0950. The van der Waals surface area contributed by atoms with Crippen LogP contribution < -0.4 is 11.1 Å². The maximum absolute atomic E-state index is 11.6. The van der Waals surface area contributed by atoms with Gasteiger partial charge in [-0.2, -0.15) is 0 Å². The monoisotopic (exact) mass is 252 g/mol. The molecule has 0 aliphatic heterocycles. The van der Waals surface area contributed by atoms with Crippen molar-refractivity contribution in [2.75, 3.05) is 6.54 Å². The molecular formula is C11H16N4O3. The molecule has 0 unspecified atom stereocenters. The molecule has 0 radical (unpaired) electrons. The lowest BCUT2D eigenvalue weighted by Gasteiger charge is -2.06. The van der Waals surface area contributed by atoms with Crippen molar-refractivity contribution in [1.29, 1.82) is 0 Å². The summed E-state index contributed by atoms with van der Waals surface area (Å²) in [4.78, 5) is 15.3. The van der Waals surface area contributed by atoms with Gasteiger partial charge in [-0.3, -0.25) is 9.78 Å². The number of amides is 1. The smallest absolute Gasteiger partial charge is 0.255 e. The zero-order valence-electron chi connectivity index (χ0n) is 9.83. The van der Waals surface area contributed by atoms with Crippen LogP contribution in [-0.4, -0.2) is 33.6 Å². The quantitative estimate of drug-likeness (QED) is 0.192. The fraction of sp³-hybridized carbons (Fsp3) is 0.364. The van der Waals surface area contributed by atoms with E-state index in [0.717, 1.165) is 0 Å². The number of carbonyl (C=O) groups excluding carboxylic acids is 1. The number of hydrogen-bond acceptors (Lipinski definition) is 5. The number of oxime groups is 1. The van der Waals surface area contributed by atoms with E-state index in [2.05, 4.69) is 15.5 Å². The van der Waals surface area contributed by atoms with Gasteiger partial charge in [-0.15, -0.1) is 0 Å². The molecule has 0 fully saturated rings. The van der Waals surface area contributed by atoms with Crippen LogP contribution in [0.2, 0.25) is 0 Å². The Morgan fingerprint density at radius 3 is 2.94 bits per heavy atom. The highest BCUT2D eigenvalue weighted by Gasteiger charge is 2.09. The second-order valence-electron chi connectivity index (χ2n) is 3.70. The maximum atomic E-state index is 11.6. The van der Waals surface area contributed by atoms with Gasteiger partial charge in [0, 0.05) is 19.2 Å². The first-order valence-corrected chi connectivity index (χ1v) is 5.52. The summed E-state index contributed by atoms with van der Waals surface area (Å²) in [6, 6.07) is 1.45. The largest absolute Gasteiger partial charge is 0.505 e. The van der Waals surface area contributed by atoms with E-state index in [4.69, 9.17) is 10.9 Å². The minimum Gasteiger partial charge on any atom is -0.505 e. The van der Waals surface area contributed by atoms with Crippen LogP contribution in [0.3, 0.4) is 0 Å². The fourth-order valence-electron chi connectivity index (χ4n) is 1.36. The number of carbonyl (C=O) groups is 1. The van der Waals surface area contributed by atoms with Gasteiger partial charge in [0.2, 0.25) is 0 Å². The highest BCUT2D eigenvalue weighted by atomic mass is 16.4. The molecule has 7 nitrogen and oxygen atoms in total. The van der Waals surface area contributed by atoms with Crippen molar-refractivity contribution in [3.8, 4) is 5.75 Å². The van der Waals surface area contributed by atoms with Crippen molar-refractivity contribution in [2.45, 2.75) is 19.3 Å². The van der Waals surface area contributed by atoms with E-state index in [1.807, 2.05) is 0 Å². The van der Waals surface area contributed by atoms with Gasteiger partial charge in [-0.1, -0.05) is 5.16 Å². The molecule has 0 bridgehead atoms. The Kier molecular flexibility index (Phi) is 5.43. The Balaban J connectivity index is 2.28. The second-order valence-corrected chi connectivity index (χ2v) is 3.70. The van der Waals surface area contributed by atoms with Gasteiger partial charge in [0.25, 0.3) is 5.91 Å². The average Bonchev–Trinajstić information content (AvgIpc) is 2.38. The molecule has 0 saturated heterocycles. The third-order valence-electron chi connectivity index (χ3n) is 2.32. The predicted octanol–water partition coefficient (Wildman–Crippen LogP) is 0.434. The molecule has 98 valence electrons. The molecular weight excluding hydrogens is 236 g/mol. The van der Waals surface area contributed by atoms with Gasteiger partial charge in [-0.05, 0) is 18.9 Å². The van der Waals surface area contributed by atoms with E-state index in [1.54, 1.807) is 0 Å². The predicted molar refractivity (Wildman–Crippen MR) is 65.5 cm³/mol. The normalized spacial score (nSPS) is 11.2. The highest BCUT2D eigenvalue weighted by Crippen LogP contribution is 2.13. The van der Waals surface area contributed by atoms with Gasteiger partial charge in [-0.25, -0.2) is 0 Å². The summed E-state index contributed by atoms with van der Waals surface area (Å²) < 4.78 is 0. The van der Waals surface area contributed by atoms with Crippen molar-refractivity contribution in [2.24, 2.45) is 10.9 Å². The number of nitrogens with two attached hydrogens (primary N) is 1. The van der Waals surface area contributed by atoms with Crippen molar-refractivity contribution in [3.05, 3.63) is 24.0 Å². The van der Waals surface area contributed by atoms with Crippen LogP contribution in [-0.2, 0) is 0 Å². The molecule has 1 aromatic rings. The number of aromatic nitrogens is 1. The minimum absolute atomic E-state index is 0.147. The average molecular weight is 252 g/mol. The van der Waals surface area contributed by atoms with Gasteiger partial charge < -0.3 is 21.4 Å². The Bertz CT molecular complexity index is 434. The molecule has 1 rings (SSSR count). The van der Waals surface area contributed by atoms with E-state index < -0.39 is 0 Å². The summed E-state index contributed by atoms with van der Waals surface area (Å²) in [5, 5.41) is 23.2. The van der Waals surface area contributed by atoms with Crippen LogP contribution in [0.1, 0.15) is 29.6 Å². The number of hydrogen-bond donors (Lipinski definition) is 4. The zero-order valence-corrected chi connectivity index (χ0v) is 9.83. The third kappa shape index (κ3) is 4.28. The number of aromatic hydroxyl groups is 1. The molecule has 0 aromatic carbocycles. The molecule has 0 saturated carbocycles. The van der Waals surface area contributed by atoms with Gasteiger partial charge in [0.1, 0.15) is 11.6 Å². The van der Waals surface area contributed by atoms with E-state index in [0.29, 0.717) is 25.8 Å². The summed E-state index contributed by atoms with van der Waals surface area (Å²) in [5.74, 6) is -0.321. The highest BCUT2D eigenvalue weighted by molar-refractivity contribution is 5.96. The number of rotatable bonds is 6. The molecule has 1 amide bonds. The van der Waals surface area contributed by atoms with Crippen molar-refractivity contribution >= 4 is 11.7 Å². The standard InChI is InChI=1S/C11H16N4O3/c12-10(15-18)3-1-2-5-14-11(17)8-4-6-13-7-9(8)16/h4,6-7,16,18H,1-3,5H2,(H2,12,15)(H,14,17). The second kappa shape index (κ2) is 7.10. The number of unbranched alkanes of at least 4 members (excludes halogenated alkanes) is 1. The summed E-state index contributed by atoms with van der Waals surface area (Å²) in [6.07, 6.45) is 4.54. The van der Waals surface area contributed by atoms with Gasteiger partial charge in [0.15, 0.2) is 0 Å². The van der Waals surface area contributed by atoms with E-state index in [1.165, 1.54) is 18.5 Å². The summed E-state index contributed by atoms with van der Waals surface area (Å²) in [7, 11) is 0. The molecule has 1 heterocycles. The van der Waals surface area contributed by atoms with Gasteiger partial charge in [0.05, 0.1) is 11.8 Å². The first-order chi connectivity index (χ1) is 8.65. The molecule has 0 spiro atoms. The molecule has 1 aromatic heterocycles. The van der Waals surface area contributed by atoms with E-state index in [-0.39, 0.29) is 23.1 Å². The van der Waals surface area contributed by atoms with Crippen LogP contribution in [0.5, 0.6) is 5.75 Å². The molecule has 7 heteroatoms. The van der Waals surface area contributed by atoms with E-state index >= 15 is 0 Å². The Labute approximate surface area is 104 Å².